The maximum absolute atomic E-state index is 11.0. The monoisotopic (exact) mass is 848 g/mol. The molecule has 23 heteroatoms. The third kappa shape index (κ3) is 7.73. The molecule has 10 aromatic heterocycles. The van der Waals surface area contributed by atoms with E-state index in [2.05, 4.69) is 125 Å². The summed E-state index contributed by atoms with van der Waals surface area (Å²) in [6.45, 7) is 0. The molecule has 0 atom stereocenters. The van der Waals surface area contributed by atoms with E-state index in [0.717, 1.165) is 45.5 Å². The molecule has 1 fully saturated rings. The van der Waals surface area contributed by atoms with Gasteiger partial charge in [-0.3, -0.25) is 9.51 Å². The minimum absolute atomic E-state index is 0.272. The predicted octanol–water partition coefficient (Wildman–Crippen LogP) is 3.86. The summed E-state index contributed by atoms with van der Waals surface area (Å²) >= 11 is 0. The summed E-state index contributed by atoms with van der Waals surface area (Å²) in [5.41, 5.74) is 11.8. The number of pyridine rings is 2. The molecule has 1 aliphatic heterocycles. The van der Waals surface area contributed by atoms with Crippen LogP contribution in [0, 0.1) is 0 Å². The van der Waals surface area contributed by atoms with E-state index in [1.807, 2.05) is 60.9 Å². The van der Waals surface area contributed by atoms with Gasteiger partial charge in [0.2, 0.25) is 23.2 Å². The van der Waals surface area contributed by atoms with Crippen molar-refractivity contribution in [2.75, 3.05) is 0 Å². The third-order valence-corrected chi connectivity index (χ3v) is 10.3. The van der Waals surface area contributed by atoms with E-state index in [-0.39, 0.29) is 5.82 Å². The van der Waals surface area contributed by atoms with Gasteiger partial charge in [0.15, 0.2) is 12.3 Å². The fraction of sp³-hybridized carbons (Fsp3) is 0.0976. The first-order valence-corrected chi connectivity index (χ1v) is 19.7. The van der Waals surface area contributed by atoms with Crippen LogP contribution in [0.5, 0.6) is 0 Å². The molecule has 1 aromatic carbocycles. The molecule has 0 unspecified atom stereocenters. The van der Waals surface area contributed by atoms with Crippen LogP contribution in [0.25, 0.3) is 79.4 Å². The third-order valence-electron chi connectivity index (χ3n) is 10.3. The van der Waals surface area contributed by atoms with E-state index < -0.39 is 5.76 Å². The summed E-state index contributed by atoms with van der Waals surface area (Å²) in [6, 6.07) is 24.4. The van der Waals surface area contributed by atoms with Crippen LogP contribution < -0.4 is 5.76 Å². The zero-order chi connectivity index (χ0) is 42.8. The van der Waals surface area contributed by atoms with Crippen molar-refractivity contribution in [1.82, 2.24) is 101 Å². The maximum Gasteiger partial charge on any atom is 0.439 e. The maximum atomic E-state index is 11.0. The Morgan fingerprint density at radius 2 is 1.16 bits per heavy atom. The van der Waals surface area contributed by atoms with Crippen LogP contribution in [-0.2, 0) is 6.42 Å². The van der Waals surface area contributed by atoms with Gasteiger partial charge in [0.1, 0.15) is 36.1 Å². The molecule has 1 aliphatic carbocycles. The Morgan fingerprint density at radius 1 is 0.609 bits per heavy atom. The van der Waals surface area contributed by atoms with Crippen molar-refractivity contribution in [2.45, 2.75) is 25.3 Å². The van der Waals surface area contributed by atoms with Crippen LogP contribution in [0.2, 0.25) is 0 Å². The molecule has 0 bridgehead atoms. The summed E-state index contributed by atoms with van der Waals surface area (Å²) in [5.74, 6) is 0.571. The van der Waals surface area contributed by atoms with E-state index in [1.54, 1.807) is 27.5 Å². The number of fused-ring (bicyclic) bond motifs is 3. The molecular weight excluding hydrogens is 819 g/mol. The number of aromatic nitrogens is 20. The SMILES string of the molecule is C1=[N+](C2CC2)c2ccc(-c3cc(-c4nn[nH]n4)ncn3)cc2C1.O=c1[nH]c(-c2cc(-c3ccn4nccc4c3)ncn2)no1.c1nc(-c2ccn3nccc3c2)cc(-c2nn[nH]n2)n1. The van der Waals surface area contributed by atoms with Gasteiger partial charge in [-0.25, -0.2) is 43.7 Å². The number of H-pyrrole nitrogens is 3. The number of hydrogen-bond acceptors (Lipinski definition) is 17. The molecule has 0 saturated heterocycles. The van der Waals surface area contributed by atoms with E-state index in [4.69, 9.17) is 0 Å². The first-order valence-electron chi connectivity index (χ1n) is 19.7. The Hall–Kier alpha value is -9.41. The number of aromatic amines is 3. The highest BCUT2D eigenvalue weighted by Crippen LogP contribution is 2.36. The molecule has 11 aromatic rings. The molecule has 2 aliphatic rings. The van der Waals surface area contributed by atoms with E-state index >= 15 is 0 Å². The van der Waals surface area contributed by atoms with Crippen molar-refractivity contribution >= 4 is 22.9 Å². The van der Waals surface area contributed by atoms with E-state index in [1.165, 1.54) is 43.1 Å². The lowest BCUT2D eigenvalue weighted by molar-refractivity contribution is -0.448. The van der Waals surface area contributed by atoms with Crippen molar-refractivity contribution in [3.63, 3.8) is 0 Å². The number of benzene rings is 1. The van der Waals surface area contributed by atoms with Crippen molar-refractivity contribution in [1.29, 1.82) is 0 Å². The van der Waals surface area contributed by atoms with Gasteiger partial charge in [0.05, 0.1) is 34.5 Å². The number of rotatable bonds is 7. The van der Waals surface area contributed by atoms with Crippen LogP contribution in [-0.4, -0.2) is 117 Å². The molecular formula is C41H30N21O2+. The zero-order valence-electron chi connectivity index (χ0n) is 33.1. The Morgan fingerprint density at radius 3 is 1.69 bits per heavy atom. The van der Waals surface area contributed by atoms with Crippen LogP contribution in [0.15, 0.2) is 126 Å². The lowest BCUT2D eigenvalue weighted by Gasteiger charge is -2.04. The number of tetrazole rings is 2. The van der Waals surface area contributed by atoms with Gasteiger partial charge in [-0.1, -0.05) is 5.16 Å². The fourth-order valence-electron chi connectivity index (χ4n) is 7.12. The van der Waals surface area contributed by atoms with Crippen LogP contribution in [0.3, 0.4) is 0 Å². The van der Waals surface area contributed by atoms with Gasteiger partial charge < -0.3 is 0 Å². The first kappa shape index (κ1) is 37.6. The summed E-state index contributed by atoms with van der Waals surface area (Å²) in [7, 11) is 0. The van der Waals surface area contributed by atoms with Crippen LogP contribution in [0.1, 0.15) is 18.4 Å². The molecule has 64 heavy (non-hydrogen) atoms. The Kier molecular flexibility index (Phi) is 9.52. The molecule has 11 heterocycles. The number of nitrogens with zero attached hydrogens (tertiary/aromatic N) is 18. The molecule has 13 rings (SSSR count). The molecule has 23 nitrogen and oxygen atoms in total. The molecule has 0 amide bonds. The number of nitrogens with one attached hydrogen (secondary N) is 3. The van der Waals surface area contributed by atoms with Crippen molar-refractivity contribution in [2.24, 2.45) is 0 Å². The standard InChI is InChI=1S/C16H14N7.C13H8N6O2.C12H8N8/c1-4-15-11(5-6-23(15)12-2-3-12)7-10(1)13-8-14(18-9-17-13)16-19-21-22-20-16;20-13-17-12(18-21-13)11-6-10(14-7-15-11)8-2-4-19-9(5-8)1-3-16-19;1-3-15-20-4-2-8(5-9(1)20)10-6-11(14-7-13-10)12-16-18-19-17-12/h1,4,6-9,12H,2-3,5H2,(H,19,20,21,22);1-7H,(H,17,18,20);1-7H,(H,16,17,18,19)/q+1;;. The summed E-state index contributed by atoms with van der Waals surface area (Å²) in [5, 5.41) is 39.6. The second-order valence-corrected chi connectivity index (χ2v) is 14.4. The smallest absolute Gasteiger partial charge is 0.296 e. The molecule has 0 spiro atoms. The Labute approximate surface area is 358 Å². The number of hydrogen-bond donors (Lipinski definition) is 3. The minimum Gasteiger partial charge on any atom is -0.296 e. The molecule has 3 N–H and O–H groups in total. The summed E-state index contributed by atoms with van der Waals surface area (Å²) in [4.78, 5) is 38.8. The Balaban J connectivity index is 0.000000107. The van der Waals surface area contributed by atoms with Crippen molar-refractivity contribution in [3.05, 3.63) is 133 Å². The topological polar surface area (TPSA) is 283 Å². The fourth-order valence-corrected chi connectivity index (χ4v) is 7.12. The van der Waals surface area contributed by atoms with Gasteiger partial charge >= 0.3 is 5.76 Å². The highest BCUT2D eigenvalue weighted by Gasteiger charge is 2.38. The van der Waals surface area contributed by atoms with Gasteiger partial charge in [-0.15, -0.1) is 20.4 Å². The molecule has 310 valence electrons. The van der Waals surface area contributed by atoms with E-state index in [9.17, 15) is 4.79 Å². The Bertz CT molecular complexity index is 3490. The van der Waals surface area contributed by atoms with Crippen LogP contribution in [0.4, 0.5) is 5.69 Å². The minimum atomic E-state index is -0.620. The quantitative estimate of drug-likeness (QED) is 0.192. The molecule has 1 saturated carbocycles. The lowest BCUT2D eigenvalue weighted by Crippen LogP contribution is -2.04. The van der Waals surface area contributed by atoms with Gasteiger partial charge in [-0.2, -0.15) is 25.2 Å². The largest absolute Gasteiger partial charge is 0.439 e. The predicted molar refractivity (Wildman–Crippen MR) is 225 cm³/mol. The van der Waals surface area contributed by atoms with Gasteiger partial charge in [0.25, 0.3) is 0 Å². The molecule has 0 radical (unpaired) electrons. The summed E-state index contributed by atoms with van der Waals surface area (Å²) in [6.07, 6.45) is 17.6. The second kappa shape index (κ2) is 16.2. The second-order valence-electron chi connectivity index (χ2n) is 14.4. The highest BCUT2D eigenvalue weighted by atomic mass is 16.5. The van der Waals surface area contributed by atoms with Crippen LogP contribution >= 0.6 is 0 Å². The first-order chi connectivity index (χ1) is 31.6. The van der Waals surface area contributed by atoms with Crippen molar-refractivity contribution in [3.8, 4) is 68.3 Å². The van der Waals surface area contributed by atoms with Gasteiger partial charge in [0, 0.05) is 65.9 Å². The van der Waals surface area contributed by atoms with E-state index in [0.29, 0.717) is 40.5 Å². The average Bonchev–Trinajstić information content (AvgIpc) is 4.10. The average molecular weight is 849 g/mol. The van der Waals surface area contributed by atoms with Gasteiger partial charge in [-0.05, 0) is 77.2 Å². The highest BCUT2D eigenvalue weighted by molar-refractivity contribution is 5.73. The zero-order valence-corrected chi connectivity index (χ0v) is 33.1. The van der Waals surface area contributed by atoms with Crippen molar-refractivity contribution < 1.29 is 9.10 Å². The normalized spacial score (nSPS) is 12.9. The lowest BCUT2D eigenvalue weighted by atomic mass is 10.0. The summed E-state index contributed by atoms with van der Waals surface area (Å²) < 4.78 is 10.5.